The average Bonchev–Trinajstić information content (AvgIpc) is 2.59. The Labute approximate surface area is 132 Å². The molecule has 1 unspecified atom stereocenters. The van der Waals surface area contributed by atoms with Gasteiger partial charge in [0.1, 0.15) is 0 Å². The third kappa shape index (κ3) is 4.98. The third-order valence-corrected chi connectivity index (χ3v) is 4.46. The molecular weight excluding hydrogens is 280 g/mol. The van der Waals surface area contributed by atoms with Crippen molar-refractivity contribution in [1.29, 1.82) is 0 Å². The van der Waals surface area contributed by atoms with E-state index in [0.29, 0.717) is 12.3 Å². The van der Waals surface area contributed by atoms with E-state index in [2.05, 4.69) is 10.3 Å². The molecule has 2 rings (SSSR count). The molecule has 1 aromatic heterocycles. The third-order valence-electron chi connectivity index (χ3n) is 4.46. The molecule has 0 spiro atoms. The maximum Gasteiger partial charge on any atom is 0.306 e. The highest BCUT2D eigenvalue weighted by Gasteiger charge is 2.20. The molecule has 0 saturated carbocycles. The molecule has 122 valence electrons. The van der Waals surface area contributed by atoms with Crippen LogP contribution in [0.1, 0.15) is 43.6 Å². The number of hydrogen-bond acceptors (Lipinski definition) is 5. The summed E-state index contributed by atoms with van der Waals surface area (Å²) in [4.78, 5) is 16.0. The molecule has 0 bridgehead atoms. The van der Waals surface area contributed by atoms with Crippen molar-refractivity contribution in [3.63, 3.8) is 0 Å². The van der Waals surface area contributed by atoms with Gasteiger partial charge in [-0.15, -0.1) is 0 Å². The van der Waals surface area contributed by atoms with Gasteiger partial charge < -0.3 is 14.8 Å². The second-order valence-corrected chi connectivity index (χ2v) is 5.88. The van der Waals surface area contributed by atoms with Crippen LogP contribution in [0.3, 0.4) is 0 Å². The van der Waals surface area contributed by atoms with Crippen LogP contribution in [0.25, 0.3) is 0 Å². The number of nitrogens with one attached hydrogen (secondary N) is 1. The Morgan fingerprint density at radius 3 is 2.73 bits per heavy atom. The summed E-state index contributed by atoms with van der Waals surface area (Å²) in [6.07, 6.45) is 6.82. The lowest BCUT2D eigenvalue weighted by molar-refractivity contribution is -0.141. The first-order chi connectivity index (χ1) is 10.7. The summed E-state index contributed by atoms with van der Waals surface area (Å²) < 4.78 is 9.94. The van der Waals surface area contributed by atoms with Crippen molar-refractivity contribution >= 4 is 5.97 Å². The zero-order chi connectivity index (χ0) is 15.8. The molecule has 1 aliphatic rings. The van der Waals surface area contributed by atoms with E-state index in [1.807, 2.05) is 18.3 Å². The van der Waals surface area contributed by atoms with Gasteiger partial charge in [-0.2, -0.15) is 0 Å². The van der Waals surface area contributed by atoms with Gasteiger partial charge in [0.2, 0.25) is 5.88 Å². The Morgan fingerprint density at radius 1 is 1.36 bits per heavy atom. The number of nitrogens with zero attached hydrogens (tertiary/aromatic N) is 1. The maximum atomic E-state index is 11.7. The van der Waals surface area contributed by atoms with Crippen molar-refractivity contribution in [2.24, 2.45) is 5.92 Å². The van der Waals surface area contributed by atoms with Gasteiger partial charge in [-0.25, -0.2) is 4.98 Å². The number of carbonyl (C=O) groups excluding carboxylic acids is 1. The number of pyridine rings is 1. The van der Waals surface area contributed by atoms with E-state index < -0.39 is 0 Å². The quantitative estimate of drug-likeness (QED) is 0.784. The molecule has 5 heteroatoms. The summed E-state index contributed by atoms with van der Waals surface area (Å²) in [6.45, 7) is 2.22. The van der Waals surface area contributed by atoms with Crippen LogP contribution in [-0.2, 0) is 9.53 Å². The van der Waals surface area contributed by atoms with E-state index >= 15 is 0 Å². The van der Waals surface area contributed by atoms with Crippen LogP contribution in [0.2, 0.25) is 0 Å². The summed E-state index contributed by atoms with van der Waals surface area (Å²) in [5.41, 5.74) is 1.08. The highest BCUT2D eigenvalue weighted by Crippen LogP contribution is 2.30. The molecule has 1 fully saturated rings. The lowest BCUT2D eigenvalue weighted by atomic mass is 9.85. The number of ether oxygens (including phenoxy) is 2. The Hall–Kier alpha value is -1.62. The van der Waals surface area contributed by atoms with Crippen LogP contribution < -0.4 is 10.1 Å². The van der Waals surface area contributed by atoms with E-state index in [4.69, 9.17) is 9.47 Å². The molecule has 1 saturated heterocycles. The van der Waals surface area contributed by atoms with Crippen LogP contribution >= 0.6 is 0 Å². The minimum Gasteiger partial charge on any atom is -0.481 e. The molecule has 0 radical (unpaired) electrons. The molecule has 1 aromatic rings. The number of methoxy groups -OCH3 is 2. The number of esters is 1. The number of aromatic nitrogens is 1. The Kier molecular flexibility index (Phi) is 6.65. The molecule has 0 aliphatic carbocycles. The standard InChI is InChI=1S/C17H26N2O3/c1-21-16-6-5-15(12-19-16)14(11-17(20)22-2)4-3-13-7-9-18-10-8-13/h5-6,12-14,18H,3-4,7-11H2,1-2H3. The van der Waals surface area contributed by atoms with E-state index in [1.165, 1.54) is 20.0 Å². The first-order valence-electron chi connectivity index (χ1n) is 8.00. The van der Waals surface area contributed by atoms with E-state index in [-0.39, 0.29) is 11.9 Å². The molecule has 5 nitrogen and oxygen atoms in total. The maximum absolute atomic E-state index is 11.7. The predicted molar refractivity (Wildman–Crippen MR) is 85.0 cm³/mol. The van der Waals surface area contributed by atoms with E-state index in [9.17, 15) is 4.79 Å². The topological polar surface area (TPSA) is 60.5 Å². The van der Waals surface area contributed by atoms with E-state index in [1.54, 1.807) is 7.11 Å². The highest BCUT2D eigenvalue weighted by atomic mass is 16.5. The average molecular weight is 306 g/mol. The monoisotopic (exact) mass is 306 g/mol. The normalized spacial score (nSPS) is 17.0. The van der Waals surface area contributed by atoms with Gasteiger partial charge in [-0.05, 0) is 56.2 Å². The fraction of sp³-hybridized carbons (Fsp3) is 0.647. The lowest BCUT2D eigenvalue weighted by Gasteiger charge is -2.24. The summed E-state index contributed by atoms with van der Waals surface area (Å²) >= 11 is 0. The summed E-state index contributed by atoms with van der Waals surface area (Å²) in [5.74, 6) is 1.36. The molecule has 1 aliphatic heterocycles. The lowest BCUT2D eigenvalue weighted by Crippen LogP contribution is -2.28. The van der Waals surface area contributed by atoms with E-state index in [0.717, 1.165) is 37.4 Å². The van der Waals surface area contributed by atoms with Crippen LogP contribution in [0.15, 0.2) is 18.3 Å². The highest BCUT2D eigenvalue weighted by molar-refractivity contribution is 5.70. The largest absolute Gasteiger partial charge is 0.481 e. The van der Waals surface area contributed by atoms with Crippen molar-refractivity contribution in [3.8, 4) is 5.88 Å². The predicted octanol–water partition coefficient (Wildman–Crippen LogP) is 2.52. The Balaban J connectivity index is 1.98. The van der Waals surface area contributed by atoms with Gasteiger partial charge in [0, 0.05) is 12.3 Å². The molecule has 1 N–H and O–H groups in total. The summed E-state index contributed by atoms with van der Waals surface area (Å²) in [6, 6.07) is 3.85. The van der Waals surface area contributed by atoms with Crippen LogP contribution in [0.4, 0.5) is 0 Å². The number of rotatable bonds is 7. The van der Waals surface area contributed by atoms with Gasteiger partial charge >= 0.3 is 5.97 Å². The van der Waals surface area contributed by atoms with Crippen LogP contribution in [0, 0.1) is 5.92 Å². The number of piperidine rings is 1. The molecular formula is C17H26N2O3. The molecule has 1 atom stereocenters. The van der Waals surface area contributed by atoms with Gasteiger partial charge in [-0.1, -0.05) is 6.07 Å². The first kappa shape index (κ1) is 16.7. The van der Waals surface area contributed by atoms with Crippen LogP contribution in [0.5, 0.6) is 5.88 Å². The van der Waals surface area contributed by atoms with Crippen molar-refractivity contribution in [3.05, 3.63) is 23.9 Å². The fourth-order valence-electron chi connectivity index (χ4n) is 3.03. The smallest absolute Gasteiger partial charge is 0.306 e. The van der Waals surface area contributed by atoms with Gasteiger partial charge in [0.25, 0.3) is 0 Å². The summed E-state index contributed by atoms with van der Waals surface area (Å²) in [7, 11) is 3.05. The van der Waals surface area contributed by atoms with Crippen molar-refractivity contribution in [1.82, 2.24) is 10.3 Å². The Bertz CT molecular complexity index is 455. The summed E-state index contributed by atoms with van der Waals surface area (Å²) in [5, 5.41) is 3.39. The second kappa shape index (κ2) is 8.73. The SMILES string of the molecule is COC(=O)CC(CCC1CCNCC1)c1ccc(OC)nc1. The number of hydrogen-bond donors (Lipinski definition) is 1. The minimum atomic E-state index is -0.161. The molecule has 2 heterocycles. The molecule has 0 aromatic carbocycles. The van der Waals surface area contributed by atoms with Gasteiger partial charge in [-0.3, -0.25) is 4.79 Å². The zero-order valence-electron chi connectivity index (χ0n) is 13.5. The number of carbonyl (C=O) groups is 1. The van der Waals surface area contributed by atoms with Gasteiger partial charge in [0.05, 0.1) is 20.6 Å². The molecule has 22 heavy (non-hydrogen) atoms. The minimum absolute atomic E-state index is 0.161. The van der Waals surface area contributed by atoms with Crippen molar-refractivity contribution in [2.75, 3.05) is 27.3 Å². The second-order valence-electron chi connectivity index (χ2n) is 5.88. The Morgan fingerprint density at radius 2 is 2.14 bits per heavy atom. The van der Waals surface area contributed by atoms with Crippen molar-refractivity contribution < 1.29 is 14.3 Å². The molecule has 0 amide bonds. The fourth-order valence-corrected chi connectivity index (χ4v) is 3.03. The van der Waals surface area contributed by atoms with Crippen molar-refractivity contribution in [2.45, 2.75) is 38.0 Å². The van der Waals surface area contributed by atoms with Gasteiger partial charge in [0.15, 0.2) is 0 Å². The van der Waals surface area contributed by atoms with Crippen LogP contribution in [-0.4, -0.2) is 38.3 Å². The first-order valence-corrected chi connectivity index (χ1v) is 8.00. The zero-order valence-corrected chi connectivity index (χ0v) is 13.5.